The van der Waals surface area contributed by atoms with E-state index in [1.165, 1.54) is 24.2 Å². The molecule has 5 nitrogen and oxygen atoms in total. The van der Waals surface area contributed by atoms with Crippen LogP contribution in [0.4, 0.5) is 0 Å². The van der Waals surface area contributed by atoms with E-state index in [9.17, 15) is 9.59 Å². The quantitative estimate of drug-likeness (QED) is 0.217. The number of fused-ring (bicyclic) bond motifs is 10. The number of amides is 2. The van der Waals surface area contributed by atoms with E-state index >= 15 is 0 Å². The molecule has 0 aliphatic carbocycles. The fourth-order valence-electron chi connectivity index (χ4n) is 6.04. The Morgan fingerprint density at radius 3 is 2.37 bits per heavy atom. The lowest BCUT2D eigenvalue weighted by molar-refractivity contribution is 0.0633. The molecule has 0 unspecified atom stereocenters. The molecule has 2 aliphatic rings. The lowest BCUT2D eigenvalue weighted by atomic mass is 9.91. The molecule has 2 aliphatic heterocycles. The van der Waals surface area contributed by atoms with E-state index in [4.69, 9.17) is 0 Å². The molecule has 7 rings (SSSR count). The van der Waals surface area contributed by atoms with Crippen molar-refractivity contribution in [2.75, 3.05) is 26.2 Å². The van der Waals surface area contributed by atoms with E-state index in [0.29, 0.717) is 17.7 Å². The third-order valence-electron chi connectivity index (χ3n) is 7.72. The highest BCUT2D eigenvalue weighted by Crippen LogP contribution is 2.44. The fraction of sp³-hybridized carbons (Fsp3) is 0.241. The third-order valence-corrected chi connectivity index (χ3v) is 8.21. The van der Waals surface area contributed by atoms with E-state index < -0.39 is 0 Å². The SMILES string of the molecule is O=C1c2c(c3c4cc(Br)ccc4[nH]c3c3ccc4ccccc4c23)C(=O)N1CCN1CCCCC1. The number of hydrogen-bond acceptors (Lipinski definition) is 3. The van der Waals surface area contributed by atoms with Gasteiger partial charge < -0.3 is 9.88 Å². The number of carbonyl (C=O) groups is 2. The number of rotatable bonds is 3. The van der Waals surface area contributed by atoms with Crippen molar-refractivity contribution < 1.29 is 9.59 Å². The molecule has 0 bridgehead atoms. The van der Waals surface area contributed by atoms with Crippen LogP contribution in [-0.2, 0) is 0 Å². The van der Waals surface area contributed by atoms with Crippen molar-refractivity contribution in [2.45, 2.75) is 19.3 Å². The second-order valence-electron chi connectivity index (χ2n) is 9.69. The summed E-state index contributed by atoms with van der Waals surface area (Å²) in [5, 5.41) is 5.71. The van der Waals surface area contributed by atoms with E-state index in [2.05, 4.69) is 50.1 Å². The summed E-state index contributed by atoms with van der Waals surface area (Å²) in [6, 6.07) is 18.3. The second kappa shape index (κ2) is 7.90. The summed E-state index contributed by atoms with van der Waals surface area (Å²) in [6.45, 7) is 3.23. The van der Waals surface area contributed by atoms with Crippen LogP contribution in [0.25, 0.3) is 43.4 Å². The van der Waals surface area contributed by atoms with Gasteiger partial charge in [0, 0.05) is 44.6 Å². The lowest BCUT2D eigenvalue weighted by Crippen LogP contribution is -2.40. The normalized spacial score (nSPS) is 16.9. The van der Waals surface area contributed by atoms with Gasteiger partial charge in [0.25, 0.3) is 11.8 Å². The molecule has 1 N–H and O–H groups in total. The Morgan fingerprint density at radius 1 is 0.771 bits per heavy atom. The van der Waals surface area contributed by atoms with Crippen LogP contribution in [0.2, 0.25) is 0 Å². The summed E-state index contributed by atoms with van der Waals surface area (Å²) < 4.78 is 0.942. The van der Waals surface area contributed by atoms with Crippen LogP contribution >= 0.6 is 15.9 Å². The van der Waals surface area contributed by atoms with Gasteiger partial charge >= 0.3 is 0 Å². The number of carbonyl (C=O) groups excluding carboxylic acids is 2. The Morgan fingerprint density at radius 2 is 1.54 bits per heavy atom. The maximum atomic E-state index is 14.0. The van der Waals surface area contributed by atoms with E-state index in [1.807, 2.05) is 30.3 Å². The monoisotopic (exact) mass is 525 g/mol. The van der Waals surface area contributed by atoms with Gasteiger partial charge in [-0.1, -0.05) is 58.7 Å². The zero-order chi connectivity index (χ0) is 23.7. The van der Waals surface area contributed by atoms with Crippen molar-refractivity contribution in [3.63, 3.8) is 0 Å². The van der Waals surface area contributed by atoms with Crippen molar-refractivity contribution in [2.24, 2.45) is 0 Å². The average molecular weight is 526 g/mol. The number of hydrogen-bond donors (Lipinski definition) is 1. The van der Waals surface area contributed by atoms with Crippen molar-refractivity contribution >= 4 is 71.1 Å². The Hall–Kier alpha value is -3.22. The summed E-state index contributed by atoms with van der Waals surface area (Å²) in [5.41, 5.74) is 2.96. The Kier molecular flexibility index (Phi) is 4.76. The first-order valence-electron chi connectivity index (χ1n) is 12.3. The van der Waals surface area contributed by atoms with E-state index in [1.54, 1.807) is 0 Å². The predicted molar refractivity (Wildman–Crippen MR) is 144 cm³/mol. The van der Waals surface area contributed by atoms with Crippen LogP contribution in [0.5, 0.6) is 0 Å². The Balaban J connectivity index is 1.51. The van der Waals surface area contributed by atoms with Gasteiger partial charge in [-0.3, -0.25) is 14.5 Å². The highest BCUT2D eigenvalue weighted by atomic mass is 79.9. The standard InChI is InChI=1S/C29H24BrN3O2/c30-18-9-11-22-21(16-18)24-26-25(28(34)33(29(26)35)15-14-32-12-4-1-5-13-32)23-19-7-3-2-6-17(19)8-10-20(23)27(24)31-22/h2-3,6-11,16,31H,1,4-5,12-15H2. The maximum absolute atomic E-state index is 14.0. The van der Waals surface area contributed by atoms with Gasteiger partial charge in [0.05, 0.1) is 16.6 Å². The first kappa shape index (κ1) is 21.1. The molecular formula is C29H24BrN3O2. The van der Waals surface area contributed by atoms with Gasteiger partial charge in [-0.2, -0.15) is 0 Å². The lowest BCUT2D eigenvalue weighted by Gasteiger charge is -2.27. The molecule has 1 fully saturated rings. The predicted octanol–water partition coefficient (Wildman–Crippen LogP) is 6.47. The number of aromatic amines is 1. The van der Waals surface area contributed by atoms with Crippen LogP contribution in [0.1, 0.15) is 40.0 Å². The molecule has 6 heteroatoms. The van der Waals surface area contributed by atoms with Gasteiger partial charge in [0.1, 0.15) is 0 Å². The molecule has 0 saturated carbocycles. The van der Waals surface area contributed by atoms with E-state index in [-0.39, 0.29) is 11.8 Å². The molecule has 35 heavy (non-hydrogen) atoms. The largest absolute Gasteiger partial charge is 0.354 e. The first-order valence-corrected chi connectivity index (χ1v) is 13.1. The smallest absolute Gasteiger partial charge is 0.262 e. The number of H-pyrrole nitrogens is 1. The average Bonchev–Trinajstić information content (AvgIpc) is 3.37. The van der Waals surface area contributed by atoms with Gasteiger partial charge in [0.15, 0.2) is 0 Å². The number of nitrogens with one attached hydrogen (secondary N) is 1. The number of likely N-dealkylation sites (tertiary alicyclic amines) is 1. The van der Waals surface area contributed by atoms with Crippen molar-refractivity contribution in [1.29, 1.82) is 0 Å². The van der Waals surface area contributed by atoms with Crippen LogP contribution < -0.4 is 0 Å². The minimum atomic E-state index is -0.178. The summed E-state index contributed by atoms with van der Waals surface area (Å²) in [6.07, 6.45) is 3.63. The number of halogens is 1. The number of aromatic nitrogens is 1. The van der Waals surface area contributed by atoms with Crippen LogP contribution in [0, 0.1) is 0 Å². The molecule has 174 valence electrons. The summed E-state index contributed by atoms with van der Waals surface area (Å²) in [5.74, 6) is -0.350. The van der Waals surface area contributed by atoms with Crippen LogP contribution in [0.15, 0.2) is 59.1 Å². The molecule has 5 aromatic rings. The zero-order valence-electron chi connectivity index (χ0n) is 19.2. The topological polar surface area (TPSA) is 56.4 Å². The minimum absolute atomic E-state index is 0.172. The molecule has 0 radical (unpaired) electrons. The van der Waals surface area contributed by atoms with Crippen LogP contribution in [-0.4, -0.2) is 52.8 Å². The van der Waals surface area contributed by atoms with Crippen molar-refractivity contribution in [3.8, 4) is 0 Å². The Bertz CT molecular complexity index is 1700. The molecule has 1 saturated heterocycles. The van der Waals surface area contributed by atoms with Gasteiger partial charge in [-0.05, 0) is 54.9 Å². The Labute approximate surface area is 210 Å². The van der Waals surface area contributed by atoms with Crippen molar-refractivity contribution in [3.05, 3.63) is 70.2 Å². The van der Waals surface area contributed by atoms with Gasteiger partial charge in [-0.25, -0.2) is 0 Å². The van der Waals surface area contributed by atoms with Gasteiger partial charge in [0.2, 0.25) is 0 Å². The number of imide groups is 1. The maximum Gasteiger partial charge on any atom is 0.262 e. The molecular weight excluding hydrogens is 502 g/mol. The highest BCUT2D eigenvalue weighted by molar-refractivity contribution is 9.10. The molecule has 4 aromatic carbocycles. The summed E-state index contributed by atoms with van der Waals surface area (Å²) in [7, 11) is 0. The second-order valence-corrected chi connectivity index (χ2v) is 10.6. The molecule has 1 aromatic heterocycles. The number of benzene rings is 4. The fourth-order valence-corrected chi connectivity index (χ4v) is 6.40. The summed E-state index contributed by atoms with van der Waals surface area (Å²) in [4.78, 5) is 35.4. The minimum Gasteiger partial charge on any atom is -0.354 e. The van der Waals surface area contributed by atoms with Crippen LogP contribution in [0.3, 0.4) is 0 Å². The molecule has 0 atom stereocenters. The molecule has 3 heterocycles. The molecule has 0 spiro atoms. The van der Waals surface area contributed by atoms with Gasteiger partial charge in [-0.15, -0.1) is 0 Å². The first-order chi connectivity index (χ1) is 17.1. The van der Waals surface area contributed by atoms with E-state index in [0.717, 1.165) is 67.5 Å². The number of piperidine rings is 1. The zero-order valence-corrected chi connectivity index (χ0v) is 20.8. The third kappa shape index (κ3) is 3.09. The highest BCUT2D eigenvalue weighted by Gasteiger charge is 2.40. The molecule has 2 amide bonds. The van der Waals surface area contributed by atoms with Crippen molar-refractivity contribution in [1.82, 2.24) is 14.8 Å². The summed E-state index contributed by atoms with van der Waals surface area (Å²) >= 11 is 3.59. The number of nitrogens with zero attached hydrogens (tertiary/aromatic N) is 2.